The first-order chi connectivity index (χ1) is 12.1. The summed E-state index contributed by atoms with van der Waals surface area (Å²) in [5.74, 6) is 0.487. The van der Waals surface area contributed by atoms with Crippen molar-refractivity contribution in [3.8, 4) is 10.4 Å². The zero-order valence-electron chi connectivity index (χ0n) is 14.1. The molecule has 4 rings (SSSR count). The van der Waals surface area contributed by atoms with Crippen LogP contribution in [0.3, 0.4) is 0 Å². The zero-order chi connectivity index (χ0) is 17.6. The Labute approximate surface area is 150 Å². The number of amides is 1. The van der Waals surface area contributed by atoms with E-state index in [9.17, 15) is 14.3 Å². The Kier molecular flexibility index (Phi) is 4.33. The number of aryl methyl sites for hydroxylation is 1. The van der Waals surface area contributed by atoms with Gasteiger partial charge in [0.2, 0.25) is 0 Å². The second-order valence-electron chi connectivity index (χ2n) is 6.98. The van der Waals surface area contributed by atoms with Crippen LogP contribution in [0, 0.1) is 24.6 Å². The minimum Gasteiger partial charge on any atom is -0.394 e. The molecule has 1 amide bonds. The minimum absolute atomic E-state index is 0.00189. The van der Waals surface area contributed by atoms with Crippen LogP contribution in [-0.4, -0.2) is 40.1 Å². The number of aliphatic hydroxyl groups is 1. The first-order valence-electron chi connectivity index (χ1n) is 8.73. The van der Waals surface area contributed by atoms with Gasteiger partial charge in [-0.2, -0.15) is 0 Å². The Morgan fingerprint density at radius 1 is 1.36 bits per heavy atom. The van der Waals surface area contributed by atoms with Gasteiger partial charge in [0.15, 0.2) is 0 Å². The van der Waals surface area contributed by atoms with E-state index in [0.29, 0.717) is 24.1 Å². The van der Waals surface area contributed by atoms with E-state index in [1.165, 1.54) is 29.9 Å². The van der Waals surface area contributed by atoms with Crippen molar-refractivity contribution in [1.82, 2.24) is 9.88 Å². The van der Waals surface area contributed by atoms with E-state index in [0.717, 1.165) is 28.3 Å². The van der Waals surface area contributed by atoms with Crippen molar-refractivity contribution in [2.24, 2.45) is 11.8 Å². The smallest absolute Gasteiger partial charge is 0.274 e. The highest BCUT2D eigenvalue weighted by molar-refractivity contribution is 7.15. The summed E-state index contributed by atoms with van der Waals surface area (Å²) < 4.78 is 13.2. The van der Waals surface area contributed by atoms with E-state index < -0.39 is 0 Å². The van der Waals surface area contributed by atoms with E-state index in [-0.39, 0.29) is 24.4 Å². The van der Waals surface area contributed by atoms with E-state index in [1.807, 2.05) is 11.8 Å². The van der Waals surface area contributed by atoms with Crippen molar-refractivity contribution in [2.75, 3.05) is 13.2 Å². The topological polar surface area (TPSA) is 53.4 Å². The van der Waals surface area contributed by atoms with Crippen LogP contribution in [0.5, 0.6) is 0 Å². The summed E-state index contributed by atoms with van der Waals surface area (Å²) in [6.45, 7) is 2.58. The normalized spacial score (nSPS) is 25.4. The number of nitrogens with zero attached hydrogens (tertiary/aromatic N) is 2. The van der Waals surface area contributed by atoms with Gasteiger partial charge in [0.25, 0.3) is 5.91 Å². The molecule has 1 unspecified atom stereocenters. The van der Waals surface area contributed by atoms with Gasteiger partial charge in [0.05, 0.1) is 22.5 Å². The monoisotopic (exact) mass is 360 g/mol. The number of aliphatic hydroxyl groups excluding tert-OH is 1. The highest BCUT2D eigenvalue weighted by Crippen LogP contribution is 2.43. The number of hydrogen-bond acceptors (Lipinski definition) is 4. The maximum absolute atomic E-state index is 13.2. The third-order valence-electron chi connectivity index (χ3n) is 5.53. The highest BCUT2D eigenvalue weighted by atomic mass is 32.1. The number of carbonyl (C=O) groups excluding carboxylic acids is 1. The van der Waals surface area contributed by atoms with Gasteiger partial charge in [-0.05, 0) is 49.3 Å². The van der Waals surface area contributed by atoms with Crippen molar-refractivity contribution in [3.05, 3.63) is 40.8 Å². The van der Waals surface area contributed by atoms with Crippen molar-refractivity contribution in [1.29, 1.82) is 0 Å². The lowest BCUT2D eigenvalue weighted by molar-refractivity contribution is 0.0632. The van der Waals surface area contributed by atoms with Gasteiger partial charge in [-0.25, -0.2) is 9.37 Å². The lowest BCUT2D eigenvalue weighted by atomic mass is 9.94. The SMILES string of the molecule is Cc1nc(C(=O)N2C[C@H]3CCC[C@H]3C2CO)c(-c2ccc(F)cc2)s1. The highest BCUT2D eigenvalue weighted by Gasteiger charge is 2.46. The van der Waals surface area contributed by atoms with Crippen LogP contribution in [0.2, 0.25) is 0 Å². The standard InChI is InChI=1S/C19H21FN2O2S/c1-11-21-17(18(25-11)12-5-7-14(20)8-6-12)19(24)22-9-13-3-2-4-15(13)16(22)10-23/h5-8,13,15-16,23H,2-4,9-10H2,1H3/t13-,15-,16?/m1/s1. The van der Waals surface area contributed by atoms with Crippen LogP contribution < -0.4 is 0 Å². The number of aromatic nitrogens is 1. The van der Waals surface area contributed by atoms with Gasteiger partial charge < -0.3 is 10.0 Å². The molecule has 1 aliphatic heterocycles. The molecule has 132 valence electrons. The molecule has 0 bridgehead atoms. The maximum atomic E-state index is 13.2. The molecule has 2 fully saturated rings. The molecule has 2 aliphatic rings. The van der Waals surface area contributed by atoms with Gasteiger partial charge in [0, 0.05) is 6.54 Å². The fourth-order valence-corrected chi connectivity index (χ4v) is 5.31. The van der Waals surface area contributed by atoms with Crippen LogP contribution in [0.4, 0.5) is 4.39 Å². The Balaban J connectivity index is 1.68. The Bertz CT molecular complexity index is 789. The van der Waals surface area contributed by atoms with Gasteiger partial charge in [-0.15, -0.1) is 11.3 Å². The molecular formula is C19H21FN2O2S. The quantitative estimate of drug-likeness (QED) is 0.912. The Morgan fingerprint density at radius 3 is 2.84 bits per heavy atom. The molecule has 1 saturated carbocycles. The molecule has 25 heavy (non-hydrogen) atoms. The van der Waals surface area contributed by atoms with Crippen LogP contribution in [0.15, 0.2) is 24.3 Å². The van der Waals surface area contributed by atoms with E-state index in [1.54, 1.807) is 12.1 Å². The van der Waals surface area contributed by atoms with Crippen LogP contribution in [0.1, 0.15) is 34.8 Å². The number of benzene rings is 1. The van der Waals surface area contributed by atoms with Crippen LogP contribution in [-0.2, 0) is 0 Å². The Morgan fingerprint density at radius 2 is 2.12 bits per heavy atom. The summed E-state index contributed by atoms with van der Waals surface area (Å²) in [5, 5.41) is 10.7. The van der Waals surface area contributed by atoms with Gasteiger partial charge in [0.1, 0.15) is 11.5 Å². The summed E-state index contributed by atoms with van der Waals surface area (Å²) in [6, 6.07) is 6.05. The van der Waals surface area contributed by atoms with E-state index in [2.05, 4.69) is 4.98 Å². The average Bonchev–Trinajstić information content (AvgIpc) is 3.28. The fraction of sp³-hybridized carbons (Fsp3) is 0.474. The van der Waals surface area contributed by atoms with Crippen molar-refractivity contribution in [2.45, 2.75) is 32.2 Å². The fourth-order valence-electron chi connectivity index (χ4n) is 4.39. The summed E-state index contributed by atoms with van der Waals surface area (Å²) >= 11 is 1.45. The second kappa shape index (κ2) is 6.50. The lowest BCUT2D eigenvalue weighted by Gasteiger charge is -2.26. The predicted molar refractivity (Wildman–Crippen MR) is 95.0 cm³/mol. The number of hydrogen-bond donors (Lipinski definition) is 1. The summed E-state index contributed by atoms with van der Waals surface area (Å²) in [4.78, 5) is 20.3. The third kappa shape index (κ3) is 2.87. The van der Waals surface area contributed by atoms with Crippen molar-refractivity contribution < 1.29 is 14.3 Å². The first-order valence-corrected chi connectivity index (χ1v) is 9.55. The molecule has 0 radical (unpaired) electrons. The molecule has 1 aromatic carbocycles. The summed E-state index contributed by atoms with van der Waals surface area (Å²) in [7, 11) is 0. The molecule has 2 heterocycles. The number of rotatable bonds is 3. The molecule has 1 N–H and O–H groups in total. The van der Waals surface area contributed by atoms with Crippen molar-refractivity contribution >= 4 is 17.2 Å². The molecule has 0 spiro atoms. The van der Waals surface area contributed by atoms with Gasteiger partial charge in [-0.3, -0.25) is 4.79 Å². The first kappa shape index (κ1) is 16.7. The molecular weight excluding hydrogens is 339 g/mol. The van der Waals surface area contributed by atoms with Crippen molar-refractivity contribution in [3.63, 3.8) is 0 Å². The number of thiazole rings is 1. The summed E-state index contributed by atoms with van der Waals surface area (Å²) in [5.41, 5.74) is 1.22. The molecule has 3 atom stereocenters. The maximum Gasteiger partial charge on any atom is 0.274 e. The zero-order valence-corrected chi connectivity index (χ0v) is 14.9. The summed E-state index contributed by atoms with van der Waals surface area (Å²) in [6.07, 6.45) is 3.40. The van der Waals surface area contributed by atoms with Gasteiger partial charge >= 0.3 is 0 Å². The van der Waals surface area contributed by atoms with E-state index >= 15 is 0 Å². The molecule has 2 aromatic rings. The predicted octanol–water partition coefficient (Wildman–Crippen LogP) is 3.49. The number of halogens is 1. The molecule has 6 heteroatoms. The molecule has 1 aromatic heterocycles. The van der Waals surface area contributed by atoms with Crippen LogP contribution in [0.25, 0.3) is 10.4 Å². The lowest BCUT2D eigenvalue weighted by Crippen LogP contribution is -2.40. The number of likely N-dealkylation sites (tertiary alicyclic amines) is 1. The number of carbonyl (C=O) groups is 1. The molecule has 1 aliphatic carbocycles. The van der Waals surface area contributed by atoms with E-state index in [4.69, 9.17) is 0 Å². The Hall–Kier alpha value is -1.79. The minimum atomic E-state index is -0.300. The largest absolute Gasteiger partial charge is 0.394 e. The van der Waals surface area contributed by atoms with Crippen LogP contribution >= 0.6 is 11.3 Å². The van der Waals surface area contributed by atoms with Gasteiger partial charge in [-0.1, -0.05) is 18.6 Å². The third-order valence-corrected chi connectivity index (χ3v) is 6.55. The number of fused-ring (bicyclic) bond motifs is 1. The average molecular weight is 360 g/mol. The molecule has 1 saturated heterocycles. The molecule has 4 nitrogen and oxygen atoms in total. The second-order valence-corrected chi connectivity index (χ2v) is 8.18.